The second kappa shape index (κ2) is 7.81. The fourth-order valence-corrected chi connectivity index (χ4v) is 4.21. The standard InChI is InChI=1S/C22H27N5O2/c1-14-19-15(2)26(18-12-8-5-9-13-18)25-20(19)22(29)27(24-14)16(3)21(28)23-17-10-6-4-7-11-17/h5,8-9,12-13,16-17H,4,6-7,10-11H2,1-3H3,(H,23,28)/t16-/m1/s1. The number of nitrogens with zero attached hydrogens (tertiary/aromatic N) is 4. The topological polar surface area (TPSA) is 81.8 Å². The molecule has 0 bridgehead atoms. The summed E-state index contributed by atoms with van der Waals surface area (Å²) in [6.45, 7) is 5.51. The molecule has 0 unspecified atom stereocenters. The van der Waals surface area contributed by atoms with Gasteiger partial charge >= 0.3 is 0 Å². The average molecular weight is 393 g/mol. The first-order valence-electron chi connectivity index (χ1n) is 10.3. The Morgan fingerprint density at radius 1 is 1.10 bits per heavy atom. The Balaban J connectivity index is 1.71. The minimum Gasteiger partial charge on any atom is -0.352 e. The molecule has 0 spiro atoms. The molecular weight excluding hydrogens is 366 g/mol. The lowest BCUT2D eigenvalue weighted by atomic mass is 9.95. The van der Waals surface area contributed by atoms with E-state index in [9.17, 15) is 9.59 Å². The quantitative estimate of drug-likeness (QED) is 0.738. The number of amides is 1. The maximum Gasteiger partial charge on any atom is 0.295 e. The summed E-state index contributed by atoms with van der Waals surface area (Å²) in [6.07, 6.45) is 5.50. The first kappa shape index (κ1) is 19.4. The maximum atomic E-state index is 13.2. The summed E-state index contributed by atoms with van der Waals surface area (Å²) < 4.78 is 3.04. The number of carbonyl (C=O) groups is 1. The summed E-state index contributed by atoms with van der Waals surface area (Å²) in [5.41, 5.74) is 2.44. The first-order valence-corrected chi connectivity index (χ1v) is 10.3. The zero-order valence-electron chi connectivity index (χ0n) is 17.2. The second-order valence-corrected chi connectivity index (χ2v) is 7.91. The van der Waals surface area contributed by atoms with Crippen molar-refractivity contribution in [2.75, 3.05) is 0 Å². The third kappa shape index (κ3) is 3.57. The average Bonchev–Trinajstić information content (AvgIpc) is 3.09. The molecule has 1 aliphatic rings. The number of carbonyl (C=O) groups excluding carboxylic acids is 1. The largest absolute Gasteiger partial charge is 0.352 e. The number of para-hydroxylation sites is 1. The lowest BCUT2D eigenvalue weighted by Crippen LogP contribution is -2.42. The summed E-state index contributed by atoms with van der Waals surface area (Å²) in [5, 5.41) is 12.9. The van der Waals surface area contributed by atoms with E-state index in [2.05, 4.69) is 15.5 Å². The molecule has 7 heteroatoms. The van der Waals surface area contributed by atoms with Crippen molar-refractivity contribution < 1.29 is 4.79 Å². The Kier molecular flexibility index (Phi) is 5.22. The molecule has 3 aromatic rings. The highest BCUT2D eigenvalue weighted by Gasteiger charge is 2.25. The number of fused-ring (bicyclic) bond motifs is 1. The van der Waals surface area contributed by atoms with Gasteiger partial charge in [0.15, 0.2) is 5.52 Å². The van der Waals surface area contributed by atoms with E-state index in [1.165, 1.54) is 11.1 Å². The summed E-state index contributed by atoms with van der Waals surface area (Å²) in [4.78, 5) is 25.9. The van der Waals surface area contributed by atoms with Gasteiger partial charge in [0.25, 0.3) is 5.56 Å². The molecule has 1 fully saturated rings. The van der Waals surface area contributed by atoms with Gasteiger partial charge in [0.1, 0.15) is 6.04 Å². The van der Waals surface area contributed by atoms with Gasteiger partial charge in [0.05, 0.1) is 22.5 Å². The van der Waals surface area contributed by atoms with Crippen LogP contribution in [0, 0.1) is 13.8 Å². The van der Waals surface area contributed by atoms with E-state index in [0.29, 0.717) is 11.2 Å². The summed E-state index contributed by atoms with van der Waals surface area (Å²) in [7, 11) is 0. The van der Waals surface area contributed by atoms with Crippen LogP contribution >= 0.6 is 0 Å². The number of aryl methyl sites for hydroxylation is 2. The van der Waals surface area contributed by atoms with Gasteiger partial charge in [0, 0.05) is 6.04 Å². The number of hydrogen-bond acceptors (Lipinski definition) is 4. The van der Waals surface area contributed by atoms with Crippen LogP contribution in [0.3, 0.4) is 0 Å². The predicted molar refractivity (Wildman–Crippen MR) is 112 cm³/mol. The highest BCUT2D eigenvalue weighted by molar-refractivity contribution is 5.84. The molecule has 152 valence electrons. The van der Waals surface area contributed by atoms with Gasteiger partial charge in [-0.15, -0.1) is 0 Å². The minimum absolute atomic E-state index is 0.163. The van der Waals surface area contributed by atoms with Crippen LogP contribution in [-0.2, 0) is 4.79 Å². The van der Waals surface area contributed by atoms with Crippen LogP contribution < -0.4 is 10.9 Å². The summed E-state index contributed by atoms with van der Waals surface area (Å²) in [6, 6.07) is 9.20. The molecule has 0 aliphatic heterocycles. The fraction of sp³-hybridized carbons (Fsp3) is 0.455. The molecule has 7 nitrogen and oxygen atoms in total. The molecule has 1 saturated carbocycles. The lowest BCUT2D eigenvalue weighted by molar-refractivity contribution is -0.125. The van der Waals surface area contributed by atoms with Crippen LogP contribution in [-0.4, -0.2) is 31.5 Å². The molecule has 2 heterocycles. The fourth-order valence-electron chi connectivity index (χ4n) is 4.21. The normalized spacial score (nSPS) is 16.1. The van der Waals surface area contributed by atoms with Crippen molar-refractivity contribution in [2.45, 2.75) is 65.0 Å². The van der Waals surface area contributed by atoms with Crippen molar-refractivity contribution in [1.82, 2.24) is 24.9 Å². The monoisotopic (exact) mass is 393 g/mol. The van der Waals surface area contributed by atoms with Crippen LogP contribution in [0.5, 0.6) is 0 Å². The van der Waals surface area contributed by atoms with E-state index < -0.39 is 6.04 Å². The minimum atomic E-state index is -0.685. The number of rotatable bonds is 4. The SMILES string of the molecule is Cc1nn([C@H](C)C(=O)NC2CCCCC2)c(=O)c2nn(-c3ccccc3)c(C)c12. The highest BCUT2D eigenvalue weighted by atomic mass is 16.2. The molecule has 1 amide bonds. The van der Waals surface area contributed by atoms with Gasteiger partial charge in [0.2, 0.25) is 5.91 Å². The van der Waals surface area contributed by atoms with Gasteiger partial charge in [-0.05, 0) is 45.7 Å². The second-order valence-electron chi connectivity index (χ2n) is 7.91. The smallest absolute Gasteiger partial charge is 0.295 e. The summed E-state index contributed by atoms with van der Waals surface area (Å²) in [5.74, 6) is -0.163. The van der Waals surface area contributed by atoms with Crippen molar-refractivity contribution in [3.05, 3.63) is 52.1 Å². The van der Waals surface area contributed by atoms with E-state index in [0.717, 1.165) is 42.5 Å². The number of nitrogens with one attached hydrogen (secondary N) is 1. The molecule has 0 saturated heterocycles. The van der Waals surface area contributed by atoms with E-state index in [-0.39, 0.29) is 17.5 Å². The highest BCUT2D eigenvalue weighted by Crippen LogP contribution is 2.22. The van der Waals surface area contributed by atoms with Gasteiger partial charge < -0.3 is 5.32 Å². The van der Waals surface area contributed by atoms with Crippen molar-refractivity contribution in [2.24, 2.45) is 0 Å². The van der Waals surface area contributed by atoms with Crippen LogP contribution in [0.25, 0.3) is 16.6 Å². The van der Waals surface area contributed by atoms with Gasteiger partial charge in [-0.1, -0.05) is 37.5 Å². The zero-order valence-corrected chi connectivity index (χ0v) is 17.2. The van der Waals surface area contributed by atoms with E-state index >= 15 is 0 Å². The third-order valence-corrected chi connectivity index (χ3v) is 5.85. The van der Waals surface area contributed by atoms with Crippen molar-refractivity contribution in [3.8, 4) is 5.69 Å². The molecular formula is C22H27N5O2. The first-order chi connectivity index (χ1) is 14.0. The Labute approximate surface area is 169 Å². The predicted octanol–water partition coefficient (Wildman–Crippen LogP) is 3.21. The Morgan fingerprint density at radius 2 is 1.79 bits per heavy atom. The summed E-state index contributed by atoms with van der Waals surface area (Å²) >= 11 is 0. The van der Waals surface area contributed by atoms with Gasteiger partial charge in [-0.25, -0.2) is 9.36 Å². The molecule has 1 aliphatic carbocycles. The molecule has 4 rings (SSSR count). The zero-order chi connectivity index (χ0) is 20.5. The number of benzene rings is 1. The van der Waals surface area contributed by atoms with E-state index in [1.54, 1.807) is 11.6 Å². The van der Waals surface area contributed by atoms with Crippen LogP contribution in [0.2, 0.25) is 0 Å². The Bertz CT molecular complexity index is 1090. The molecule has 29 heavy (non-hydrogen) atoms. The lowest BCUT2D eigenvalue weighted by Gasteiger charge is -2.24. The molecule has 1 N–H and O–H groups in total. The van der Waals surface area contributed by atoms with Crippen LogP contribution in [0.15, 0.2) is 35.1 Å². The van der Waals surface area contributed by atoms with Crippen molar-refractivity contribution >= 4 is 16.8 Å². The molecule has 0 radical (unpaired) electrons. The van der Waals surface area contributed by atoms with Crippen molar-refractivity contribution in [1.29, 1.82) is 0 Å². The number of aromatic nitrogens is 4. The maximum absolute atomic E-state index is 13.2. The van der Waals surface area contributed by atoms with E-state index in [4.69, 9.17) is 0 Å². The molecule has 1 atom stereocenters. The molecule has 2 aromatic heterocycles. The Morgan fingerprint density at radius 3 is 2.48 bits per heavy atom. The van der Waals surface area contributed by atoms with Crippen molar-refractivity contribution in [3.63, 3.8) is 0 Å². The third-order valence-electron chi connectivity index (χ3n) is 5.85. The van der Waals surface area contributed by atoms with Crippen LogP contribution in [0.4, 0.5) is 0 Å². The van der Waals surface area contributed by atoms with Gasteiger partial charge in [-0.2, -0.15) is 10.2 Å². The van der Waals surface area contributed by atoms with Crippen LogP contribution in [0.1, 0.15) is 56.5 Å². The van der Waals surface area contributed by atoms with Gasteiger partial charge in [-0.3, -0.25) is 9.59 Å². The molecule has 1 aromatic carbocycles. The Hall–Kier alpha value is -2.96. The van der Waals surface area contributed by atoms with E-state index in [1.807, 2.05) is 44.2 Å². The number of hydrogen-bond donors (Lipinski definition) is 1.